The van der Waals surface area contributed by atoms with E-state index in [9.17, 15) is 0 Å². The highest BCUT2D eigenvalue weighted by atomic mass is 16.5. The van der Waals surface area contributed by atoms with Crippen LogP contribution in [0.15, 0.2) is 12.4 Å². The van der Waals surface area contributed by atoms with Crippen LogP contribution in [0.3, 0.4) is 0 Å². The van der Waals surface area contributed by atoms with Crippen molar-refractivity contribution in [1.29, 1.82) is 0 Å². The van der Waals surface area contributed by atoms with Crippen molar-refractivity contribution < 1.29 is 4.74 Å². The summed E-state index contributed by atoms with van der Waals surface area (Å²) in [4.78, 5) is 0. The second kappa shape index (κ2) is 3.25. The summed E-state index contributed by atoms with van der Waals surface area (Å²) in [5.74, 6) is 0. The standard InChI is InChI=1S/C8H13N3O/c1-11-6-7(4-10-11)8-5-9-2-3-12-8/h4,6,8-9H,2-3,5H2,1H3. The molecule has 2 heterocycles. The van der Waals surface area contributed by atoms with Crippen LogP contribution in [0.4, 0.5) is 0 Å². The molecule has 4 heteroatoms. The van der Waals surface area contributed by atoms with E-state index in [2.05, 4.69) is 10.4 Å². The summed E-state index contributed by atoms with van der Waals surface area (Å²) in [5.41, 5.74) is 1.16. The van der Waals surface area contributed by atoms with Gasteiger partial charge in [0.1, 0.15) is 0 Å². The van der Waals surface area contributed by atoms with Crippen LogP contribution < -0.4 is 5.32 Å². The maximum absolute atomic E-state index is 5.56. The molecule has 4 nitrogen and oxygen atoms in total. The largest absolute Gasteiger partial charge is 0.371 e. The van der Waals surface area contributed by atoms with Crippen LogP contribution >= 0.6 is 0 Å². The minimum atomic E-state index is 0.187. The summed E-state index contributed by atoms with van der Waals surface area (Å²) in [7, 11) is 1.92. The second-order valence-electron chi connectivity index (χ2n) is 3.01. The molecule has 0 amide bonds. The summed E-state index contributed by atoms with van der Waals surface area (Å²) >= 11 is 0. The highest BCUT2D eigenvalue weighted by molar-refractivity contribution is 5.09. The zero-order chi connectivity index (χ0) is 8.39. The van der Waals surface area contributed by atoms with Gasteiger partial charge in [-0.15, -0.1) is 0 Å². The first kappa shape index (κ1) is 7.76. The first-order valence-electron chi connectivity index (χ1n) is 4.17. The first-order valence-corrected chi connectivity index (χ1v) is 4.17. The zero-order valence-corrected chi connectivity index (χ0v) is 7.16. The Labute approximate surface area is 71.5 Å². The lowest BCUT2D eigenvalue weighted by Crippen LogP contribution is -2.33. The van der Waals surface area contributed by atoms with Gasteiger partial charge < -0.3 is 10.1 Å². The van der Waals surface area contributed by atoms with Gasteiger partial charge in [-0.3, -0.25) is 4.68 Å². The number of nitrogens with one attached hydrogen (secondary N) is 1. The molecule has 12 heavy (non-hydrogen) atoms. The second-order valence-corrected chi connectivity index (χ2v) is 3.01. The fraction of sp³-hybridized carbons (Fsp3) is 0.625. The van der Waals surface area contributed by atoms with Gasteiger partial charge in [-0.05, 0) is 0 Å². The van der Waals surface area contributed by atoms with Crippen LogP contribution in [0.2, 0.25) is 0 Å². The number of rotatable bonds is 1. The van der Waals surface area contributed by atoms with Crippen LogP contribution in [0.25, 0.3) is 0 Å². The van der Waals surface area contributed by atoms with Crippen LogP contribution in [-0.2, 0) is 11.8 Å². The van der Waals surface area contributed by atoms with E-state index < -0.39 is 0 Å². The number of hydrogen-bond acceptors (Lipinski definition) is 3. The quantitative estimate of drug-likeness (QED) is 0.644. The van der Waals surface area contributed by atoms with E-state index >= 15 is 0 Å². The Kier molecular flexibility index (Phi) is 2.10. The highest BCUT2D eigenvalue weighted by Crippen LogP contribution is 2.16. The third kappa shape index (κ3) is 1.49. The molecule has 0 bridgehead atoms. The number of morpholine rings is 1. The fourth-order valence-electron chi connectivity index (χ4n) is 1.39. The molecular weight excluding hydrogens is 154 g/mol. The number of ether oxygens (including phenoxy) is 1. The lowest BCUT2D eigenvalue weighted by molar-refractivity contribution is 0.0276. The first-order chi connectivity index (χ1) is 5.86. The highest BCUT2D eigenvalue weighted by Gasteiger charge is 2.16. The fourth-order valence-corrected chi connectivity index (χ4v) is 1.39. The molecule has 1 atom stereocenters. The minimum absolute atomic E-state index is 0.187. The monoisotopic (exact) mass is 167 g/mol. The van der Waals surface area contributed by atoms with Crippen molar-refractivity contribution in [2.75, 3.05) is 19.7 Å². The number of nitrogens with zero attached hydrogens (tertiary/aromatic N) is 2. The van der Waals surface area contributed by atoms with E-state index in [0.29, 0.717) is 0 Å². The summed E-state index contributed by atoms with van der Waals surface area (Å²) in [6.45, 7) is 2.64. The average Bonchev–Trinajstić information content (AvgIpc) is 2.54. The van der Waals surface area contributed by atoms with Gasteiger partial charge in [0.25, 0.3) is 0 Å². The van der Waals surface area contributed by atoms with Gasteiger partial charge >= 0.3 is 0 Å². The van der Waals surface area contributed by atoms with Crippen LogP contribution in [0.5, 0.6) is 0 Å². The molecule has 1 aliphatic heterocycles. The molecule has 0 saturated carbocycles. The van der Waals surface area contributed by atoms with Gasteiger partial charge in [0.05, 0.1) is 18.9 Å². The Bertz CT molecular complexity index is 253. The van der Waals surface area contributed by atoms with Gasteiger partial charge in [-0.1, -0.05) is 0 Å². The number of aryl methyl sites for hydroxylation is 1. The van der Waals surface area contributed by atoms with Gasteiger partial charge in [0.15, 0.2) is 0 Å². The molecule has 0 aromatic carbocycles. The topological polar surface area (TPSA) is 39.1 Å². The molecule has 1 aliphatic rings. The smallest absolute Gasteiger partial charge is 0.0980 e. The van der Waals surface area contributed by atoms with E-state index in [0.717, 1.165) is 25.3 Å². The lowest BCUT2D eigenvalue weighted by atomic mass is 10.2. The van der Waals surface area contributed by atoms with Crippen LogP contribution in [-0.4, -0.2) is 29.5 Å². The molecule has 1 saturated heterocycles. The van der Waals surface area contributed by atoms with Gasteiger partial charge in [0, 0.05) is 31.9 Å². The lowest BCUT2D eigenvalue weighted by Gasteiger charge is -2.22. The molecule has 66 valence electrons. The zero-order valence-electron chi connectivity index (χ0n) is 7.16. The van der Waals surface area contributed by atoms with E-state index in [1.165, 1.54) is 0 Å². The van der Waals surface area contributed by atoms with E-state index in [4.69, 9.17) is 4.74 Å². The Morgan fingerprint density at radius 2 is 2.67 bits per heavy atom. The molecule has 1 unspecified atom stereocenters. The Morgan fingerprint density at radius 3 is 3.25 bits per heavy atom. The van der Waals surface area contributed by atoms with E-state index in [1.54, 1.807) is 4.68 Å². The SMILES string of the molecule is Cn1cc(C2CNCCO2)cn1. The van der Waals surface area contributed by atoms with E-state index in [-0.39, 0.29) is 6.10 Å². The Balaban J connectivity index is 2.08. The molecule has 2 rings (SSSR count). The molecule has 0 aliphatic carbocycles. The molecular formula is C8H13N3O. The molecule has 1 fully saturated rings. The maximum Gasteiger partial charge on any atom is 0.0980 e. The van der Waals surface area contributed by atoms with Crippen molar-refractivity contribution in [3.8, 4) is 0 Å². The van der Waals surface area contributed by atoms with Crippen molar-refractivity contribution in [1.82, 2.24) is 15.1 Å². The summed E-state index contributed by atoms with van der Waals surface area (Å²) < 4.78 is 7.36. The summed E-state index contributed by atoms with van der Waals surface area (Å²) in [6.07, 6.45) is 4.04. The minimum Gasteiger partial charge on any atom is -0.371 e. The normalized spacial score (nSPS) is 24.2. The van der Waals surface area contributed by atoms with Crippen molar-refractivity contribution in [3.63, 3.8) is 0 Å². The van der Waals surface area contributed by atoms with Gasteiger partial charge in [0.2, 0.25) is 0 Å². The van der Waals surface area contributed by atoms with Gasteiger partial charge in [-0.25, -0.2) is 0 Å². The number of aromatic nitrogens is 2. The molecule has 0 spiro atoms. The van der Waals surface area contributed by atoms with Crippen molar-refractivity contribution in [3.05, 3.63) is 18.0 Å². The van der Waals surface area contributed by atoms with Crippen molar-refractivity contribution >= 4 is 0 Å². The predicted octanol–water partition coefficient (Wildman–Crippen LogP) is 0.0810. The third-order valence-corrected chi connectivity index (χ3v) is 2.02. The van der Waals surface area contributed by atoms with Gasteiger partial charge in [-0.2, -0.15) is 5.10 Å². The molecule has 1 N–H and O–H groups in total. The van der Waals surface area contributed by atoms with Crippen LogP contribution in [0, 0.1) is 0 Å². The summed E-state index contributed by atoms with van der Waals surface area (Å²) in [5, 5.41) is 7.38. The average molecular weight is 167 g/mol. The third-order valence-electron chi connectivity index (χ3n) is 2.02. The Hall–Kier alpha value is -0.870. The molecule has 1 aromatic heterocycles. The molecule has 0 radical (unpaired) electrons. The summed E-state index contributed by atoms with van der Waals surface area (Å²) in [6, 6.07) is 0. The van der Waals surface area contributed by atoms with Crippen molar-refractivity contribution in [2.45, 2.75) is 6.10 Å². The van der Waals surface area contributed by atoms with Crippen molar-refractivity contribution in [2.24, 2.45) is 7.05 Å². The maximum atomic E-state index is 5.56. The van der Waals surface area contributed by atoms with E-state index in [1.807, 2.05) is 19.4 Å². The molecule has 1 aromatic rings. The van der Waals surface area contributed by atoms with Crippen LogP contribution in [0.1, 0.15) is 11.7 Å². The Morgan fingerprint density at radius 1 is 1.75 bits per heavy atom. The predicted molar refractivity (Wildman–Crippen MR) is 44.8 cm³/mol. The number of hydrogen-bond donors (Lipinski definition) is 1.